The van der Waals surface area contributed by atoms with Crippen molar-refractivity contribution in [1.29, 1.82) is 5.26 Å². The van der Waals surface area contributed by atoms with Crippen LogP contribution in [0.4, 0.5) is 5.88 Å². The van der Waals surface area contributed by atoms with E-state index in [-0.39, 0.29) is 17.4 Å². The van der Waals surface area contributed by atoms with Crippen molar-refractivity contribution in [2.45, 2.75) is 0 Å². The zero-order valence-electron chi connectivity index (χ0n) is 15.3. The van der Waals surface area contributed by atoms with E-state index in [0.29, 0.717) is 22.5 Å². The molecule has 0 saturated carbocycles. The minimum Gasteiger partial charge on any atom is -0.504 e. The largest absolute Gasteiger partial charge is 0.504 e. The number of benzene rings is 3. The van der Waals surface area contributed by atoms with E-state index in [0.717, 1.165) is 11.1 Å². The maximum absolute atomic E-state index is 9.84. The molecule has 0 radical (unpaired) electrons. The molecule has 0 bridgehead atoms. The molecule has 140 valence electrons. The highest BCUT2D eigenvalue weighted by atomic mass is 16.4. The van der Waals surface area contributed by atoms with Crippen LogP contribution in [0.5, 0.6) is 11.5 Å². The average molecular weight is 380 g/mol. The summed E-state index contributed by atoms with van der Waals surface area (Å²) in [6, 6.07) is 25.7. The van der Waals surface area contributed by atoms with Crippen LogP contribution in [0.2, 0.25) is 0 Å². The fraction of sp³-hybridized carbons (Fsp3) is 0. The van der Waals surface area contributed by atoms with Crippen molar-refractivity contribution in [3.8, 4) is 40.0 Å². The molecule has 3 aromatic carbocycles. The number of aromatic hydroxyl groups is 2. The summed E-state index contributed by atoms with van der Waals surface area (Å²) in [5.41, 5.74) is 3.26. The second kappa shape index (κ2) is 7.75. The van der Waals surface area contributed by atoms with E-state index in [1.807, 2.05) is 60.7 Å². The van der Waals surface area contributed by atoms with Gasteiger partial charge in [-0.15, -0.1) is 0 Å². The van der Waals surface area contributed by atoms with Gasteiger partial charge in [-0.1, -0.05) is 60.7 Å². The lowest BCUT2D eigenvalue weighted by molar-refractivity contribution is 0.403. The predicted molar refractivity (Wildman–Crippen MR) is 111 cm³/mol. The Hall–Kier alpha value is -4.30. The van der Waals surface area contributed by atoms with Gasteiger partial charge in [0.15, 0.2) is 11.5 Å². The van der Waals surface area contributed by atoms with Crippen molar-refractivity contribution in [1.82, 2.24) is 0 Å². The summed E-state index contributed by atoms with van der Waals surface area (Å²) in [5.74, 6) is 0.284. The third-order valence-electron chi connectivity index (χ3n) is 4.43. The van der Waals surface area contributed by atoms with Crippen LogP contribution < -0.4 is 0 Å². The molecule has 0 aliphatic rings. The van der Waals surface area contributed by atoms with Crippen LogP contribution in [0.15, 0.2) is 88.3 Å². The molecule has 0 saturated heterocycles. The van der Waals surface area contributed by atoms with Gasteiger partial charge in [-0.3, -0.25) is 0 Å². The van der Waals surface area contributed by atoms with Crippen LogP contribution >= 0.6 is 0 Å². The highest BCUT2D eigenvalue weighted by molar-refractivity contribution is 5.90. The summed E-state index contributed by atoms with van der Waals surface area (Å²) in [7, 11) is 0. The molecule has 5 nitrogen and oxygen atoms in total. The maximum Gasteiger partial charge on any atom is 0.238 e. The minimum absolute atomic E-state index is 0.178. The number of phenols is 2. The van der Waals surface area contributed by atoms with Crippen molar-refractivity contribution >= 4 is 12.1 Å². The average Bonchev–Trinajstić information content (AvgIpc) is 3.14. The van der Waals surface area contributed by atoms with E-state index >= 15 is 0 Å². The summed E-state index contributed by atoms with van der Waals surface area (Å²) in [5, 5.41) is 28.9. The maximum atomic E-state index is 9.84. The smallest absolute Gasteiger partial charge is 0.238 e. The Kier molecular flexibility index (Phi) is 4.83. The number of hydrogen-bond acceptors (Lipinski definition) is 5. The second-order valence-electron chi connectivity index (χ2n) is 6.34. The van der Waals surface area contributed by atoms with Crippen LogP contribution in [0, 0.1) is 11.3 Å². The number of aliphatic imine (C=N–C) groups is 1. The van der Waals surface area contributed by atoms with E-state index in [1.165, 1.54) is 18.3 Å². The third-order valence-corrected chi connectivity index (χ3v) is 4.43. The molecule has 1 aromatic heterocycles. The Bertz CT molecular complexity index is 1220. The highest BCUT2D eigenvalue weighted by Crippen LogP contribution is 2.42. The summed E-state index contributed by atoms with van der Waals surface area (Å²) in [6.07, 6.45) is 1.47. The summed E-state index contributed by atoms with van der Waals surface area (Å²) >= 11 is 0. The molecule has 4 aromatic rings. The van der Waals surface area contributed by atoms with Crippen molar-refractivity contribution in [2.75, 3.05) is 0 Å². The van der Waals surface area contributed by atoms with Gasteiger partial charge in [0.25, 0.3) is 0 Å². The van der Waals surface area contributed by atoms with Gasteiger partial charge in [0.05, 0.1) is 0 Å². The molecule has 5 heteroatoms. The van der Waals surface area contributed by atoms with Crippen molar-refractivity contribution in [3.63, 3.8) is 0 Å². The molecule has 0 aliphatic heterocycles. The van der Waals surface area contributed by atoms with Crippen molar-refractivity contribution in [3.05, 3.63) is 90.0 Å². The van der Waals surface area contributed by atoms with Gasteiger partial charge >= 0.3 is 0 Å². The van der Waals surface area contributed by atoms with Gasteiger partial charge in [0, 0.05) is 17.3 Å². The monoisotopic (exact) mass is 380 g/mol. The van der Waals surface area contributed by atoms with E-state index in [1.54, 1.807) is 6.07 Å². The van der Waals surface area contributed by atoms with Gasteiger partial charge in [-0.2, -0.15) is 5.26 Å². The first-order valence-corrected chi connectivity index (χ1v) is 8.91. The van der Waals surface area contributed by atoms with Crippen molar-refractivity contribution in [2.24, 2.45) is 4.99 Å². The first-order chi connectivity index (χ1) is 14.2. The Morgan fingerprint density at radius 1 is 0.828 bits per heavy atom. The standard InChI is InChI=1S/C24H16N2O3/c25-14-19-22(17-7-3-1-4-8-17)23(18-9-5-2-6-10-18)29-24(19)26-15-16-11-12-20(27)21(28)13-16/h1-13,15,27-28H/b26-15+. The lowest BCUT2D eigenvalue weighted by Crippen LogP contribution is -1.83. The number of nitriles is 1. The molecule has 2 N–H and O–H groups in total. The second-order valence-corrected chi connectivity index (χ2v) is 6.34. The number of furan rings is 1. The summed E-state index contributed by atoms with van der Waals surface area (Å²) in [4.78, 5) is 4.34. The molecule has 1 heterocycles. The predicted octanol–water partition coefficient (Wildman–Crippen LogP) is 5.65. The molecule has 0 aliphatic carbocycles. The van der Waals surface area contributed by atoms with Gasteiger partial charge in [0.2, 0.25) is 5.88 Å². The molecule has 29 heavy (non-hydrogen) atoms. The van der Waals surface area contributed by atoms with E-state index < -0.39 is 0 Å². The Balaban J connectivity index is 1.87. The summed E-state index contributed by atoms with van der Waals surface area (Å²) < 4.78 is 6.02. The lowest BCUT2D eigenvalue weighted by Gasteiger charge is -2.03. The molecular weight excluding hydrogens is 364 g/mol. The molecule has 0 unspecified atom stereocenters. The van der Waals surface area contributed by atoms with E-state index in [9.17, 15) is 15.5 Å². The fourth-order valence-corrected chi connectivity index (χ4v) is 3.04. The van der Waals surface area contributed by atoms with Gasteiger partial charge in [0.1, 0.15) is 17.4 Å². The number of rotatable bonds is 4. The first-order valence-electron chi connectivity index (χ1n) is 8.91. The minimum atomic E-state index is -0.246. The Labute approximate surface area is 167 Å². The number of nitrogens with zero attached hydrogens (tertiary/aromatic N) is 2. The van der Waals surface area contributed by atoms with Crippen molar-refractivity contribution < 1.29 is 14.6 Å². The molecule has 4 rings (SSSR count). The molecule has 0 atom stereocenters. The zero-order valence-corrected chi connectivity index (χ0v) is 15.3. The lowest BCUT2D eigenvalue weighted by atomic mass is 9.98. The zero-order chi connectivity index (χ0) is 20.2. The topological polar surface area (TPSA) is 89.8 Å². The SMILES string of the molecule is N#Cc1c(/N=C/c2ccc(O)c(O)c2)oc(-c2ccccc2)c1-c1ccccc1. The van der Waals surface area contributed by atoms with Crippen LogP contribution in [0.1, 0.15) is 11.1 Å². The van der Waals surface area contributed by atoms with Crippen LogP contribution in [-0.4, -0.2) is 16.4 Å². The molecular formula is C24H16N2O3. The normalized spacial score (nSPS) is 10.9. The quantitative estimate of drug-likeness (QED) is 0.354. The van der Waals surface area contributed by atoms with Gasteiger partial charge < -0.3 is 14.6 Å². The van der Waals surface area contributed by atoms with Gasteiger partial charge in [-0.25, -0.2) is 4.99 Å². The van der Waals surface area contributed by atoms with Crippen LogP contribution in [0.25, 0.3) is 22.5 Å². The Morgan fingerprint density at radius 2 is 1.48 bits per heavy atom. The fourth-order valence-electron chi connectivity index (χ4n) is 3.04. The van der Waals surface area contributed by atoms with Crippen LogP contribution in [-0.2, 0) is 0 Å². The molecule has 0 amide bonds. The van der Waals surface area contributed by atoms with E-state index in [4.69, 9.17) is 4.42 Å². The van der Waals surface area contributed by atoms with E-state index in [2.05, 4.69) is 11.1 Å². The highest BCUT2D eigenvalue weighted by Gasteiger charge is 2.22. The van der Waals surface area contributed by atoms with Crippen LogP contribution in [0.3, 0.4) is 0 Å². The number of phenolic OH excluding ortho intramolecular Hbond substituents is 2. The van der Waals surface area contributed by atoms with Gasteiger partial charge in [-0.05, 0) is 29.3 Å². The molecule has 0 fully saturated rings. The summed E-state index contributed by atoms with van der Waals surface area (Å²) in [6.45, 7) is 0. The first kappa shape index (κ1) is 18.1. The number of hydrogen-bond donors (Lipinski definition) is 2. The Morgan fingerprint density at radius 3 is 2.10 bits per heavy atom. The molecule has 0 spiro atoms. The third kappa shape index (κ3) is 3.60.